The lowest BCUT2D eigenvalue weighted by atomic mass is 9.85. The summed E-state index contributed by atoms with van der Waals surface area (Å²) in [5.41, 5.74) is -0.775. The van der Waals surface area contributed by atoms with Crippen LogP contribution in [0.3, 0.4) is 0 Å². The number of hydrogen-bond acceptors (Lipinski definition) is 3. The fraction of sp³-hybridized carbons (Fsp3) is 0.579. The van der Waals surface area contributed by atoms with Gasteiger partial charge in [-0.1, -0.05) is 0 Å². The Morgan fingerprint density at radius 1 is 1.04 bits per heavy atom. The minimum absolute atomic E-state index is 0.132. The van der Waals surface area contributed by atoms with Crippen LogP contribution in [0.25, 0.3) is 0 Å². The Balaban J connectivity index is 1.75. The molecule has 3 rings (SSSR count). The zero-order chi connectivity index (χ0) is 19.2. The summed E-state index contributed by atoms with van der Waals surface area (Å²) in [4.78, 5) is 26.8. The van der Waals surface area contributed by atoms with Crippen molar-refractivity contribution in [2.75, 3.05) is 0 Å². The highest BCUT2D eigenvalue weighted by Gasteiger charge is 2.46. The van der Waals surface area contributed by atoms with Crippen molar-refractivity contribution < 1.29 is 27.5 Å². The third-order valence-corrected chi connectivity index (χ3v) is 4.98. The average Bonchev–Trinajstić information content (AvgIpc) is 2.80. The summed E-state index contributed by atoms with van der Waals surface area (Å²) in [6.07, 6.45) is 1.96. The van der Waals surface area contributed by atoms with E-state index in [0.29, 0.717) is 12.8 Å². The predicted octanol–water partition coefficient (Wildman–Crippen LogP) is 4.46. The molecule has 2 atom stereocenters. The van der Waals surface area contributed by atoms with E-state index in [9.17, 15) is 22.8 Å². The topological polar surface area (TPSA) is 46.6 Å². The van der Waals surface area contributed by atoms with Crippen LogP contribution in [-0.2, 0) is 4.74 Å². The first-order valence-electron chi connectivity index (χ1n) is 8.77. The molecule has 0 spiro atoms. The number of piperidine rings is 1. The van der Waals surface area contributed by atoms with Crippen molar-refractivity contribution in [2.45, 2.75) is 64.1 Å². The monoisotopic (exact) mass is 369 g/mol. The number of amides is 1. The number of nitrogens with zero attached hydrogens (tertiary/aromatic N) is 1. The van der Waals surface area contributed by atoms with Crippen LogP contribution in [0.2, 0.25) is 0 Å². The molecule has 1 aromatic carbocycles. The fourth-order valence-electron chi connectivity index (χ4n) is 3.94. The molecule has 2 fully saturated rings. The van der Waals surface area contributed by atoms with Crippen molar-refractivity contribution in [1.29, 1.82) is 0 Å². The smallest absolute Gasteiger partial charge is 0.410 e. The van der Waals surface area contributed by atoms with Gasteiger partial charge in [-0.05, 0) is 58.6 Å². The van der Waals surface area contributed by atoms with Crippen LogP contribution < -0.4 is 0 Å². The van der Waals surface area contributed by atoms with Crippen molar-refractivity contribution in [1.82, 2.24) is 4.90 Å². The van der Waals surface area contributed by atoms with Crippen molar-refractivity contribution in [2.24, 2.45) is 5.92 Å². The molecule has 2 bridgehead atoms. The van der Waals surface area contributed by atoms with Crippen LogP contribution >= 0.6 is 0 Å². The van der Waals surface area contributed by atoms with Crippen LogP contribution in [0, 0.1) is 23.4 Å². The Bertz CT molecular complexity index is 707. The highest BCUT2D eigenvalue weighted by Crippen LogP contribution is 2.40. The molecule has 0 saturated carbocycles. The van der Waals surface area contributed by atoms with Gasteiger partial charge in [-0.25, -0.2) is 18.0 Å². The number of ether oxygens (including phenoxy) is 1. The first-order valence-corrected chi connectivity index (χ1v) is 8.77. The third-order valence-electron chi connectivity index (χ3n) is 4.98. The summed E-state index contributed by atoms with van der Waals surface area (Å²) in [7, 11) is 0. The van der Waals surface area contributed by atoms with Gasteiger partial charge in [0.2, 0.25) is 0 Å². The van der Waals surface area contributed by atoms with Crippen molar-refractivity contribution in [3.8, 4) is 0 Å². The second-order valence-electron chi connectivity index (χ2n) is 8.06. The second kappa shape index (κ2) is 6.59. The van der Waals surface area contributed by atoms with E-state index >= 15 is 0 Å². The Morgan fingerprint density at radius 2 is 1.54 bits per heavy atom. The van der Waals surface area contributed by atoms with Gasteiger partial charge >= 0.3 is 6.09 Å². The van der Waals surface area contributed by atoms with Gasteiger partial charge in [0.25, 0.3) is 0 Å². The summed E-state index contributed by atoms with van der Waals surface area (Å²) < 4.78 is 45.4. The van der Waals surface area contributed by atoms with E-state index in [2.05, 4.69) is 0 Å². The van der Waals surface area contributed by atoms with Gasteiger partial charge in [0, 0.05) is 23.6 Å². The van der Waals surface area contributed by atoms with Gasteiger partial charge in [-0.3, -0.25) is 4.79 Å². The summed E-state index contributed by atoms with van der Waals surface area (Å²) in [5, 5.41) is 0. The van der Waals surface area contributed by atoms with Crippen LogP contribution in [0.15, 0.2) is 12.1 Å². The summed E-state index contributed by atoms with van der Waals surface area (Å²) >= 11 is 0. The zero-order valence-corrected chi connectivity index (χ0v) is 15.0. The van der Waals surface area contributed by atoms with Crippen molar-refractivity contribution in [3.63, 3.8) is 0 Å². The lowest BCUT2D eigenvalue weighted by Crippen LogP contribution is -2.49. The number of Topliss-reactive ketones (excluding diaryl/α,β-unsaturated/α-hetero) is 1. The number of benzene rings is 1. The molecule has 0 N–H and O–H groups in total. The summed E-state index contributed by atoms with van der Waals surface area (Å²) in [6.45, 7) is 5.38. The largest absolute Gasteiger partial charge is 0.444 e. The third kappa shape index (κ3) is 3.57. The molecule has 1 amide bonds. The number of rotatable bonds is 2. The van der Waals surface area contributed by atoms with E-state index in [1.165, 1.54) is 0 Å². The Labute approximate surface area is 150 Å². The Morgan fingerprint density at radius 3 is 2.00 bits per heavy atom. The average molecular weight is 369 g/mol. The number of carbonyl (C=O) groups is 2. The number of carbonyl (C=O) groups excluding carboxylic acids is 2. The van der Waals surface area contributed by atoms with Gasteiger partial charge < -0.3 is 9.64 Å². The summed E-state index contributed by atoms with van der Waals surface area (Å²) in [5.74, 6) is -5.19. The molecule has 2 unspecified atom stereocenters. The van der Waals surface area contributed by atoms with Crippen LogP contribution in [0.1, 0.15) is 56.8 Å². The first kappa shape index (κ1) is 18.7. The van der Waals surface area contributed by atoms with E-state index in [0.717, 1.165) is 25.0 Å². The van der Waals surface area contributed by atoms with Gasteiger partial charge in [0.1, 0.15) is 5.60 Å². The first-order chi connectivity index (χ1) is 12.1. The number of hydrogen-bond donors (Lipinski definition) is 0. The fourth-order valence-corrected chi connectivity index (χ4v) is 3.94. The molecule has 26 heavy (non-hydrogen) atoms. The second-order valence-corrected chi connectivity index (χ2v) is 8.06. The highest BCUT2D eigenvalue weighted by atomic mass is 19.2. The van der Waals surface area contributed by atoms with Gasteiger partial charge in [0.15, 0.2) is 23.2 Å². The molecule has 1 aromatic rings. The molecular weight excluding hydrogens is 347 g/mol. The van der Waals surface area contributed by atoms with E-state index < -0.39 is 40.8 Å². The lowest BCUT2D eigenvalue weighted by molar-refractivity contribution is 0.00254. The SMILES string of the molecule is CC(C)(C)OC(=O)N1C2CCC1CC(C(=O)c1cc(F)c(F)c(F)c1)C2. The lowest BCUT2D eigenvalue weighted by Gasteiger charge is -2.39. The molecule has 0 radical (unpaired) electrons. The Hall–Kier alpha value is -2.05. The highest BCUT2D eigenvalue weighted by molar-refractivity contribution is 5.98. The van der Waals surface area contributed by atoms with E-state index in [-0.39, 0.29) is 17.6 Å². The van der Waals surface area contributed by atoms with Crippen LogP contribution in [0.5, 0.6) is 0 Å². The van der Waals surface area contributed by atoms with Gasteiger partial charge in [-0.2, -0.15) is 0 Å². The number of halogens is 3. The Kier molecular flexibility index (Phi) is 4.75. The maximum absolute atomic E-state index is 13.4. The van der Waals surface area contributed by atoms with Crippen molar-refractivity contribution >= 4 is 11.9 Å². The molecule has 2 heterocycles. The maximum atomic E-state index is 13.4. The number of ketones is 1. The quantitative estimate of drug-likeness (QED) is 0.571. The predicted molar refractivity (Wildman–Crippen MR) is 88.3 cm³/mol. The molecule has 0 aromatic heterocycles. The van der Waals surface area contributed by atoms with Crippen LogP contribution in [-0.4, -0.2) is 34.5 Å². The molecular formula is C19H22F3NO3. The molecule has 0 aliphatic carbocycles. The maximum Gasteiger partial charge on any atom is 0.410 e. The molecule has 4 nitrogen and oxygen atoms in total. The standard InChI is InChI=1S/C19H22F3NO3/c1-19(2,3)26-18(25)23-12-4-5-13(23)7-10(6-12)17(24)11-8-14(20)16(22)15(21)9-11/h8-10,12-13H,4-7H2,1-3H3. The number of fused-ring (bicyclic) bond motifs is 2. The molecule has 2 saturated heterocycles. The summed E-state index contributed by atoms with van der Waals surface area (Å²) in [6, 6.07) is 1.21. The van der Waals surface area contributed by atoms with E-state index in [1.807, 2.05) is 0 Å². The molecule has 142 valence electrons. The molecule has 2 aliphatic heterocycles. The van der Waals surface area contributed by atoms with Gasteiger partial charge in [-0.15, -0.1) is 0 Å². The van der Waals surface area contributed by atoms with Gasteiger partial charge in [0.05, 0.1) is 0 Å². The minimum Gasteiger partial charge on any atom is -0.444 e. The zero-order valence-electron chi connectivity index (χ0n) is 15.0. The normalized spacial score (nSPS) is 25.3. The van der Waals surface area contributed by atoms with E-state index in [4.69, 9.17) is 4.74 Å². The van der Waals surface area contributed by atoms with Crippen LogP contribution in [0.4, 0.5) is 18.0 Å². The van der Waals surface area contributed by atoms with E-state index in [1.54, 1.807) is 25.7 Å². The minimum atomic E-state index is -1.58. The van der Waals surface area contributed by atoms with Crippen molar-refractivity contribution in [3.05, 3.63) is 35.1 Å². The molecule has 2 aliphatic rings. The molecule has 7 heteroatoms.